The van der Waals surface area contributed by atoms with E-state index < -0.39 is 11.6 Å². The minimum atomic E-state index is -0.847. The van der Waals surface area contributed by atoms with Crippen molar-refractivity contribution in [1.82, 2.24) is 20.9 Å². The zero-order valence-corrected chi connectivity index (χ0v) is 18.5. The van der Waals surface area contributed by atoms with Crippen LogP contribution in [-0.4, -0.2) is 48.0 Å². The minimum Gasteiger partial charge on any atom is -0.357 e. The van der Waals surface area contributed by atoms with Gasteiger partial charge in [0.15, 0.2) is 5.96 Å². The average Bonchev–Trinajstić information content (AvgIpc) is 2.91. The number of aliphatic imine (C=N–C) groups is 1. The highest BCUT2D eigenvalue weighted by Gasteiger charge is 2.48. The number of hydrogen-bond acceptors (Lipinski definition) is 3. The van der Waals surface area contributed by atoms with Crippen LogP contribution in [0.5, 0.6) is 0 Å². The van der Waals surface area contributed by atoms with Crippen LogP contribution < -0.4 is 16.0 Å². The van der Waals surface area contributed by atoms with E-state index in [1.807, 2.05) is 13.0 Å². The van der Waals surface area contributed by atoms with Gasteiger partial charge < -0.3 is 15.5 Å². The van der Waals surface area contributed by atoms with Gasteiger partial charge in [0.2, 0.25) is 0 Å². The molecule has 28 heavy (non-hydrogen) atoms. The Bertz CT molecular complexity index is 752. The highest BCUT2D eigenvalue weighted by Crippen LogP contribution is 2.30. The van der Waals surface area contributed by atoms with Gasteiger partial charge in [-0.2, -0.15) is 0 Å². The summed E-state index contributed by atoms with van der Waals surface area (Å²) in [5.41, 5.74) is -0.0293. The predicted octanol–water partition coefficient (Wildman–Crippen LogP) is 2.22. The molecule has 2 saturated heterocycles. The second-order valence-electron chi connectivity index (χ2n) is 7.17. The van der Waals surface area contributed by atoms with E-state index in [1.165, 1.54) is 12.1 Å². The van der Waals surface area contributed by atoms with E-state index in [2.05, 4.69) is 25.8 Å². The van der Waals surface area contributed by atoms with Gasteiger partial charge in [-0.1, -0.05) is 12.1 Å². The monoisotopic (exact) mass is 503 g/mol. The van der Waals surface area contributed by atoms with Crippen molar-refractivity contribution < 1.29 is 14.0 Å². The Morgan fingerprint density at radius 1 is 1.36 bits per heavy atom. The molecule has 0 saturated carbocycles. The molecule has 3 rings (SSSR count). The van der Waals surface area contributed by atoms with E-state index in [4.69, 9.17) is 0 Å². The van der Waals surface area contributed by atoms with Crippen LogP contribution in [0, 0.1) is 11.7 Å². The molecule has 1 unspecified atom stereocenters. The Balaban J connectivity index is 0.00000280. The first-order valence-electron chi connectivity index (χ1n) is 9.33. The molecule has 1 atom stereocenters. The summed E-state index contributed by atoms with van der Waals surface area (Å²) in [6.07, 6.45) is 1.54. The number of urea groups is 1. The van der Waals surface area contributed by atoms with Gasteiger partial charge >= 0.3 is 6.03 Å². The van der Waals surface area contributed by atoms with Crippen molar-refractivity contribution >= 4 is 41.9 Å². The summed E-state index contributed by atoms with van der Waals surface area (Å²) in [7, 11) is 0. The molecule has 0 spiro atoms. The molecule has 2 fully saturated rings. The summed E-state index contributed by atoms with van der Waals surface area (Å²) in [6.45, 7) is 6.39. The van der Waals surface area contributed by atoms with E-state index in [0.717, 1.165) is 44.0 Å². The van der Waals surface area contributed by atoms with Crippen molar-refractivity contribution in [2.45, 2.75) is 38.8 Å². The lowest BCUT2D eigenvalue weighted by Crippen LogP contribution is -2.55. The number of hydrogen-bond donors (Lipinski definition) is 3. The number of nitrogens with one attached hydrogen (secondary N) is 3. The summed E-state index contributed by atoms with van der Waals surface area (Å²) in [6, 6.07) is 6.02. The smallest absolute Gasteiger partial charge is 0.322 e. The van der Waals surface area contributed by atoms with E-state index in [-0.39, 0.29) is 41.6 Å². The van der Waals surface area contributed by atoms with Crippen LogP contribution in [0.4, 0.5) is 9.18 Å². The van der Waals surface area contributed by atoms with Gasteiger partial charge in [-0.25, -0.2) is 14.2 Å². The molecule has 7 nitrogen and oxygen atoms in total. The maximum atomic E-state index is 13.3. The second-order valence-corrected chi connectivity index (χ2v) is 7.17. The normalized spacial score (nSPS) is 23.1. The van der Waals surface area contributed by atoms with Crippen molar-refractivity contribution in [3.05, 3.63) is 35.6 Å². The van der Waals surface area contributed by atoms with Crippen LogP contribution in [0.15, 0.2) is 29.3 Å². The number of amides is 3. The maximum Gasteiger partial charge on any atom is 0.322 e. The van der Waals surface area contributed by atoms with E-state index >= 15 is 0 Å². The van der Waals surface area contributed by atoms with Crippen LogP contribution >= 0.6 is 24.0 Å². The topological polar surface area (TPSA) is 85.8 Å². The molecule has 0 aromatic heterocycles. The Morgan fingerprint density at radius 3 is 2.64 bits per heavy atom. The number of rotatable bonds is 4. The number of imide groups is 1. The number of benzene rings is 1. The number of halogens is 2. The van der Waals surface area contributed by atoms with Crippen LogP contribution in [0.2, 0.25) is 0 Å². The third-order valence-electron chi connectivity index (χ3n) is 5.32. The van der Waals surface area contributed by atoms with Crippen molar-refractivity contribution in [3.63, 3.8) is 0 Å². The Kier molecular flexibility index (Phi) is 7.62. The number of carbonyl (C=O) groups excluding carboxylic acids is 2. The summed E-state index contributed by atoms with van der Waals surface area (Å²) in [4.78, 5) is 30.4. The fraction of sp³-hybridized carbons (Fsp3) is 0.526. The lowest BCUT2D eigenvalue weighted by Gasteiger charge is -2.39. The molecule has 0 radical (unpaired) electrons. The fourth-order valence-electron chi connectivity index (χ4n) is 3.74. The van der Waals surface area contributed by atoms with Crippen molar-refractivity contribution in [1.29, 1.82) is 0 Å². The summed E-state index contributed by atoms with van der Waals surface area (Å²) in [5.74, 6) is 0.341. The lowest BCUT2D eigenvalue weighted by molar-refractivity contribution is -0.125. The van der Waals surface area contributed by atoms with Gasteiger partial charge in [0.25, 0.3) is 5.91 Å². The molecular formula is C19H27FIN5O2. The first-order chi connectivity index (χ1) is 12.9. The van der Waals surface area contributed by atoms with Gasteiger partial charge in [-0.3, -0.25) is 10.1 Å². The van der Waals surface area contributed by atoms with E-state index in [0.29, 0.717) is 6.54 Å². The molecule has 0 bridgehead atoms. The van der Waals surface area contributed by atoms with Crippen LogP contribution in [0.3, 0.4) is 0 Å². The van der Waals surface area contributed by atoms with Crippen LogP contribution in [-0.2, 0) is 11.3 Å². The Labute approximate surface area is 181 Å². The van der Waals surface area contributed by atoms with Crippen LogP contribution in [0.1, 0.15) is 32.3 Å². The number of guanidine groups is 1. The molecular weight excluding hydrogens is 476 g/mol. The average molecular weight is 503 g/mol. The Morgan fingerprint density at radius 2 is 2.07 bits per heavy atom. The molecule has 9 heteroatoms. The largest absolute Gasteiger partial charge is 0.357 e. The predicted molar refractivity (Wildman–Crippen MR) is 116 cm³/mol. The third-order valence-corrected chi connectivity index (χ3v) is 5.32. The third kappa shape index (κ3) is 4.92. The van der Waals surface area contributed by atoms with Crippen molar-refractivity contribution in [2.75, 3.05) is 19.6 Å². The van der Waals surface area contributed by atoms with Crippen molar-refractivity contribution in [3.8, 4) is 0 Å². The maximum absolute atomic E-state index is 13.3. The SMILES string of the molecule is CCNC(=NCc1cccc(F)c1)N1CCC(C2(C)NC(=O)NC2=O)CC1.I. The standard InChI is InChI=1S/C19H26FN5O2.HI/c1-3-21-17(22-12-13-5-4-6-15(20)11-13)25-9-7-14(8-10-25)19(2)16(26)23-18(27)24-19;/h4-6,11,14H,3,7-10,12H2,1-2H3,(H,21,22)(H2,23,24,26,27);1H. The molecule has 2 aliphatic rings. The molecule has 0 aliphatic carbocycles. The van der Waals surface area contributed by atoms with E-state index in [9.17, 15) is 14.0 Å². The highest BCUT2D eigenvalue weighted by atomic mass is 127. The summed E-state index contributed by atoms with van der Waals surface area (Å²) in [5, 5.41) is 8.38. The quantitative estimate of drug-likeness (QED) is 0.255. The van der Waals surface area contributed by atoms with Gasteiger partial charge in [0, 0.05) is 19.6 Å². The number of likely N-dealkylation sites (tertiary alicyclic amines) is 1. The molecule has 2 heterocycles. The Hall–Kier alpha value is -1.91. The first-order valence-corrected chi connectivity index (χ1v) is 9.33. The molecule has 3 amide bonds. The number of nitrogens with zero attached hydrogens (tertiary/aromatic N) is 2. The molecule has 1 aromatic rings. The van der Waals surface area contributed by atoms with E-state index in [1.54, 1.807) is 13.0 Å². The number of carbonyl (C=O) groups is 2. The highest BCUT2D eigenvalue weighted by molar-refractivity contribution is 14.0. The summed E-state index contributed by atoms with van der Waals surface area (Å²) < 4.78 is 13.3. The second kappa shape index (κ2) is 9.53. The van der Waals surface area contributed by atoms with Gasteiger partial charge in [-0.15, -0.1) is 24.0 Å². The first kappa shape index (κ1) is 22.4. The zero-order chi connectivity index (χ0) is 19.4. The molecule has 1 aromatic carbocycles. The summed E-state index contributed by atoms with van der Waals surface area (Å²) >= 11 is 0. The molecule has 154 valence electrons. The lowest BCUT2D eigenvalue weighted by atomic mass is 9.79. The van der Waals surface area contributed by atoms with Crippen molar-refractivity contribution in [2.24, 2.45) is 10.9 Å². The minimum absolute atomic E-state index is 0. The number of piperidine rings is 1. The zero-order valence-electron chi connectivity index (χ0n) is 16.1. The van der Waals surface area contributed by atoms with Gasteiger partial charge in [0.1, 0.15) is 11.4 Å². The molecule has 2 aliphatic heterocycles. The van der Waals surface area contributed by atoms with Gasteiger partial charge in [0.05, 0.1) is 6.54 Å². The van der Waals surface area contributed by atoms with Gasteiger partial charge in [-0.05, 0) is 50.3 Å². The molecule has 3 N–H and O–H groups in total. The van der Waals surface area contributed by atoms with Crippen LogP contribution in [0.25, 0.3) is 0 Å². The fourth-order valence-corrected chi connectivity index (χ4v) is 3.74.